The van der Waals surface area contributed by atoms with Crippen LogP contribution in [0.3, 0.4) is 0 Å². The van der Waals surface area contributed by atoms with E-state index in [0.717, 1.165) is 0 Å². The van der Waals surface area contributed by atoms with Crippen molar-refractivity contribution in [2.75, 3.05) is 10.6 Å². The van der Waals surface area contributed by atoms with Gasteiger partial charge in [-0.15, -0.1) is 0 Å². The van der Waals surface area contributed by atoms with E-state index in [4.69, 9.17) is 27.7 Å². The Balaban J connectivity index is 1.68. The maximum absolute atomic E-state index is 12.2. The highest BCUT2D eigenvalue weighted by Gasteiger charge is 2.09. The Morgan fingerprint density at radius 3 is 2.54 bits per heavy atom. The van der Waals surface area contributed by atoms with Crippen molar-refractivity contribution in [1.29, 1.82) is 0 Å². The summed E-state index contributed by atoms with van der Waals surface area (Å²) in [6.45, 7) is 1.79. The maximum Gasteiger partial charge on any atom is 0.257 e. The molecule has 0 aliphatic carbocycles. The molecule has 0 saturated carbocycles. The molecular weight excluding hydrogens is 351 g/mol. The van der Waals surface area contributed by atoms with E-state index >= 15 is 0 Å². The number of hydrogen-bond donors (Lipinski definition) is 2. The Kier molecular flexibility index (Phi) is 4.69. The molecule has 0 aliphatic heterocycles. The number of aromatic nitrogens is 2. The zero-order chi connectivity index (χ0) is 17.1. The molecule has 2 heterocycles. The van der Waals surface area contributed by atoms with Crippen LogP contribution >= 0.6 is 23.2 Å². The third-order valence-electron chi connectivity index (χ3n) is 3.09. The molecule has 1 aromatic carbocycles. The first kappa shape index (κ1) is 16.3. The van der Waals surface area contributed by atoms with Gasteiger partial charge in [0.15, 0.2) is 5.82 Å². The normalized spacial score (nSPS) is 10.5. The Morgan fingerprint density at radius 2 is 1.92 bits per heavy atom. The fraction of sp³-hybridized carbons (Fsp3) is 0.0625. The van der Waals surface area contributed by atoms with Crippen molar-refractivity contribution in [1.82, 2.24) is 10.1 Å². The summed E-state index contributed by atoms with van der Waals surface area (Å²) in [5, 5.41) is 10.3. The molecular formula is C16H12Cl2N4O2. The van der Waals surface area contributed by atoms with E-state index in [-0.39, 0.29) is 5.91 Å². The highest BCUT2D eigenvalue weighted by molar-refractivity contribution is 6.42. The van der Waals surface area contributed by atoms with Crippen LogP contribution in [0.15, 0.2) is 47.1 Å². The van der Waals surface area contributed by atoms with Crippen molar-refractivity contribution in [2.45, 2.75) is 6.92 Å². The van der Waals surface area contributed by atoms with Crippen LogP contribution in [0.25, 0.3) is 0 Å². The molecule has 8 heteroatoms. The Bertz CT molecular complexity index is 878. The summed E-state index contributed by atoms with van der Waals surface area (Å²) in [7, 11) is 0. The third-order valence-corrected chi connectivity index (χ3v) is 3.83. The number of benzene rings is 1. The van der Waals surface area contributed by atoms with E-state index in [1.807, 2.05) is 0 Å². The number of amides is 1. The predicted octanol–water partition coefficient (Wildman–Crippen LogP) is 4.68. The van der Waals surface area contributed by atoms with Crippen molar-refractivity contribution in [3.05, 3.63) is 64.0 Å². The molecule has 24 heavy (non-hydrogen) atoms. The smallest absolute Gasteiger partial charge is 0.257 e. The SMILES string of the molecule is Cc1cc(Nc2ccc(C(=O)Nc3ccc(Cl)c(Cl)c3)cn2)no1. The van der Waals surface area contributed by atoms with Gasteiger partial charge in [0.05, 0.1) is 15.6 Å². The average molecular weight is 363 g/mol. The summed E-state index contributed by atoms with van der Waals surface area (Å²) < 4.78 is 4.96. The van der Waals surface area contributed by atoms with Gasteiger partial charge in [0.1, 0.15) is 11.6 Å². The standard InChI is InChI=1S/C16H12Cl2N4O2/c1-9-6-15(22-24-9)21-14-5-2-10(8-19-14)16(23)20-11-3-4-12(17)13(18)7-11/h2-8H,1H3,(H,20,23)(H,19,21,22). The molecule has 3 rings (SSSR count). The Labute approximate surface area is 147 Å². The number of hydrogen-bond acceptors (Lipinski definition) is 5. The zero-order valence-electron chi connectivity index (χ0n) is 12.5. The lowest BCUT2D eigenvalue weighted by Gasteiger charge is -2.07. The summed E-state index contributed by atoms with van der Waals surface area (Å²) in [5.74, 6) is 1.49. The van der Waals surface area contributed by atoms with Gasteiger partial charge in [-0.3, -0.25) is 4.79 Å². The molecule has 0 atom stereocenters. The maximum atomic E-state index is 12.2. The highest BCUT2D eigenvalue weighted by atomic mass is 35.5. The number of rotatable bonds is 4. The number of nitrogens with zero attached hydrogens (tertiary/aromatic N) is 2. The molecule has 0 fully saturated rings. The molecule has 6 nitrogen and oxygen atoms in total. The first-order valence-electron chi connectivity index (χ1n) is 6.94. The number of halogens is 2. The number of aryl methyl sites for hydroxylation is 1. The van der Waals surface area contributed by atoms with E-state index in [2.05, 4.69) is 20.8 Å². The molecule has 3 aromatic rings. The number of carbonyl (C=O) groups excluding carboxylic acids is 1. The monoisotopic (exact) mass is 362 g/mol. The zero-order valence-corrected chi connectivity index (χ0v) is 14.0. The number of nitrogens with one attached hydrogen (secondary N) is 2. The van der Waals surface area contributed by atoms with E-state index in [0.29, 0.717) is 38.7 Å². The van der Waals surface area contributed by atoms with E-state index in [9.17, 15) is 4.79 Å². The molecule has 0 spiro atoms. The molecule has 0 aliphatic rings. The van der Waals surface area contributed by atoms with Crippen LogP contribution in [-0.2, 0) is 0 Å². The van der Waals surface area contributed by atoms with Gasteiger partial charge in [-0.2, -0.15) is 0 Å². The van der Waals surface area contributed by atoms with Gasteiger partial charge in [0.25, 0.3) is 5.91 Å². The summed E-state index contributed by atoms with van der Waals surface area (Å²) in [5.41, 5.74) is 0.956. The summed E-state index contributed by atoms with van der Waals surface area (Å²) in [4.78, 5) is 16.4. The van der Waals surface area contributed by atoms with Crippen LogP contribution in [0.4, 0.5) is 17.3 Å². The molecule has 0 radical (unpaired) electrons. The van der Waals surface area contributed by atoms with Crippen LogP contribution in [0.1, 0.15) is 16.1 Å². The largest absolute Gasteiger partial charge is 0.360 e. The van der Waals surface area contributed by atoms with Gasteiger partial charge < -0.3 is 15.2 Å². The van der Waals surface area contributed by atoms with Crippen LogP contribution in [-0.4, -0.2) is 16.0 Å². The lowest BCUT2D eigenvalue weighted by molar-refractivity contribution is 0.102. The van der Waals surface area contributed by atoms with Crippen LogP contribution in [0.5, 0.6) is 0 Å². The molecule has 2 aromatic heterocycles. The first-order chi connectivity index (χ1) is 11.5. The van der Waals surface area contributed by atoms with Crippen molar-refractivity contribution in [3.63, 3.8) is 0 Å². The lowest BCUT2D eigenvalue weighted by atomic mass is 10.2. The minimum atomic E-state index is -0.301. The average Bonchev–Trinajstić information content (AvgIpc) is 2.96. The summed E-state index contributed by atoms with van der Waals surface area (Å²) in [6.07, 6.45) is 1.46. The van der Waals surface area contributed by atoms with Crippen molar-refractivity contribution >= 4 is 46.4 Å². The molecule has 0 unspecified atom stereocenters. The molecule has 0 saturated heterocycles. The minimum absolute atomic E-state index is 0.301. The van der Waals surface area contributed by atoms with Crippen LogP contribution in [0.2, 0.25) is 10.0 Å². The predicted molar refractivity (Wildman–Crippen MR) is 93.2 cm³/mol. The number of carbonyl (C=O) groups is 1. The van der Waals surface area contributed by atoms with Crippen molar-refractivity contribution in [2.24, 2.45) is 0 Å². The second-order valence-corrected chi connectivity index (χ2v) is 5.78. The van der Waals surface area contributed by atoms with E-state index in [1.54, 1.807) is 43.3 Å². The fourth-order valence-corrected chi connectivity index (χ4v) is 2.23. The third kappa shape index (κ3) is 3.84. The highest BCUT2D eigenvalue weighted by Crippen LogP contribution is 2.25. The molecule has 2 N–H and O–H groups in total. The summed E-state index contributed by atoms with van der Waals surface area (Å²) in [6, 6.07) is 9.93. The lowest BCUT2D eigenvalue weighted by Crippen LogP contribution is -2.12. The van der Waals surface area contributed by atoms with Gasteiger partial charge in [0, 0.05) is 18.0 Å². The second-order valence-electron chi connectivity index (χ2n) is 4.96. The Hall–Kier alpha value is -2.57. The molecule has 0 bridgehead atoms. The Morgan fingerprint density at radius 1 is 1.08 bits per heavy atom. The first-order valence-corrected chi connectivity index (χ1v) is 7.69. The van der Waals surface area contributed by atoms with Crippen molar-refractivity contribution < 1.29 is 9.32 Å². The summed E-state index contributed by atoms with van der Waals surface area (Å²) >= 11 is 11.8. The van der Waals surface area contributed by atoms with E-state index in [1.165, 1.54) is 6.20 Å². The van der Waals surface area contributed by atoms with Gasteiger partial charge >= 0.3 is 0 Å². The van der Waals surface area contributed by atoms with Crippen LogP contribution < -0.4 is 10.6 Å². The topological polar surface area (TPSA) is 80.0 Å². The van der Waals surface area contributed by atoms with Gasteiger partial charge in [-0.05, 0) is 37.3 Å². The minimum Gasteiger partial charge on any atom is -0.360 e. The van der Waals surface area contributed by atoms with E-state index < -0.39 is 0 Å². The van der Waals surface area contributed by atoms with Crippen LogP contribution in [0, 0.1) is 6.92 Å². The number of anilines is 3. The second kappa shape index (κ2) is 6.90. The van der Waals surface area contributed by atoms with Gasteiger partial charge in [-0.25, -0.2) is 4.98 Å². The van der Waals surface area contributed by atoms with Gasteiger partial charge in [0.2, 0.25) is 0 Å². The molecule has 122 valence electrons. The molecule has 1 amide bonds. The fourth-order valence-electron chi connectivity index (χ4n) is 1.94. The quantitative estimate of drug-likeness (QED) is 0.704. The van der Waals surface area contributed by atoms with Crippen molar-refractivity contribution in [3.8, 4) is 0 Å². The van der Waals surface area contributed by atoms with Gasteiger partial charge in [-0.1, -0.05) is 28.4 Å². The number of pyridine rings is 1.